The molecule has 0 saturated carbocycles. The molecule has 0 aliphatic heterocycles. The van der Waals surface area contributed by atoms with E-state index in [-0.39, 0.29) is 0 Å². The Morgan fingerprint density at radius 2 is 1.69 bits per heavy atom. The van der Waals surface area contributed by atoms with Crippen LogP contribution >= 0.6 is 12.2 Å². The second-order valence-electron chi connectivity index (χ2n) is 4.05. The van der Waals surface area contributed by atoms with Crippen LogP contribution in [-0.2, 0) is 0 Å². The highest BCUT2D eigenvalue weighted by molar-refractivity contribution is 7.71. The molecule has 2 rings (SSSR count). The average molecular weight is 230 g/mol. The van der Waals surface area contributed by atoms with E-state index in [1.54, 1.807) is 6.33 Å². The Morgan fingerprint density at radius 1 is 1.00 bits per heavy atom. The molecule has 0 saturated heterocycles. The minimum Gasteiger partial charge on any atom is -0.337 e. The molecular formula is C13H14N2S. The highest BCUT2D eigenvalue weighted by Crippen LogP contribution is 2.25. The summed E-state index contributed by atoms with van der Waals surface area (Å²) in [5.74, 6) is 0. The molecule has 1 heterocycles. The van der Waals surface area contributed by atoms with Gasteiger partial charge in [0.05, 0.1) is 6.33 Å². The highest BCUT2D eigenvalue weighted by Gasteiger charge is 2.06. The van der Waals surface area contributed by atoms with Crippen LogP contribution < -0.4 is 0 Å². The summed E-state index contributed by atoms with van der Waals surface area (Å²) in [7, 11) is 0. The molecule has 0 bridgehead atoms. The lowest BCUT2D eigenvalue weighted by atomic mass is 9.97. The summed E-state index contributed by atoms with van der Waals surface area (Å²) in [6.45, 7) is 6.33. The molecule has 0 fully saturated rings. The van der Waals surface area contributed by atoms with Gasteiger partial charge in [-0.25, -0.2) is 4.98 Å². The Kier molecular flexibility index (Phi) is 2.88. The largest absolute Gasteiger partial charge is 0.337 e. The van der Waals surface area contributed by atoms with Crippen molar-refractivity contribution in [3.8, 4) is 11.1 Å². The summed E-state index contributed by atoms with van der Waals surface area (Å²) in [6.07, 6.45) is 3.43. The van der Waals surface area contributed by atoms with E-state index in [1.807, 2.05) is 6.20 Å². The molecular weight excluding hydrogens is 216 g/mol. The summed E-state index contributed by atoms with van der Waals surface area (Å²) < 4.78 is 0.737. The van der Waals surface area contributed by atoms with Crippen molar-refractivity contribution < 1.29 is 0 Å². The van der Waals surface area contributed by atoms with E-state index in [4.69, 9.17) is 12.2 Å². The minimum atomic E-state index is 0.737. The van der Waals surface area contributed by atoms with Crippen molar-refractivity contribution >= 4 is 12.2 Å². The second kappa shape index (κ2) is 4.18. The number of H-pyrrole nitrogens is 1. The van der Waals surface area contributed by atoms with Crippen molar-refractivity contribution in [3.63, 3.8) is 0 Å². The summed E-state index contributed by atoms with van der Waals surface area (Å²) in [4.78, 5) is 7.06. The molecule has 82 valence electrons. The van der Waals surface area contributed by atoms with Gasteiger partial charge in [0, 0.05) is 11.8 Å². The van der Waals surface area contributed by atoms with Crippen LogP contribution in [0.15, 0.2) is 24.7 Å². The van der Waals surface area contributed by atoms with Gasteiger partial charge >= 0.3 is 0 Å². The van der Waals surface area contributed by atoms with Crippen LogP contribution in [0.2, 0.25) is 0 Å². The molecule has 0 radical (unpaired) electrons. The van der Waals surface area contributed by atoms with Crippen LogP contribution in [0.4, 0.5) is 0 Å². The number of hydrogen-bond acceptors (Lipinski definition) is 2. The van der Waals surface area contributed by atoms with Gasteiger partial charge in [-0.05, 0) is 43.0 Å². The number of aromatic amines is 1. The number of hydrogen-bond donors (Lipinski definition) is 1. The van der Waals surface area contributed by atoms with Gasteiger partial charge in [-0.2, -0.15) is 0 Å². The first-order valence-corrected chi connectivity index (χ1v) is 5.61. The normalized spacial score (nSPS) is 10.4. The zero-order valence-corrected chi connectivity index (χ0v) is 10.5. The summed E-state index contributed by atoms with van der Waals surface area (Å²) in [5.41, 5.74) is 5.98. The topological polar surface area (TPSA) is 28.7 Å². The molecule has 1 aromatic heterocycles. The molecule has 0 unspecified atom stereocenters. The highest BCUT2D eigenvalue weighted by atomic mass is 32.1. The van der Waals surface area contributed by atoms with Crippen molar-refractivity contribution in [1.82, 2.24) is 9.97 Å². The summed E-state index contributed by atoms with van der Waals surface area (Å²) in [5, 5.41) is 0. The minimum absolute atomic E-state index is 0.737. The van der Waals surface area contributed by atoms with Gasteiger partial charge in [0.15, 0.2) is 0 Å². The maximum atomic E-state index is 5.27. The van der Waals surface area contributed by atoms with E-state index in [1.165, 1.54) is 16.7 Å². The lowest BCUT2D eigenvalue weighted by Gasteiger charge is -2.09. The molecule has 0 amide bonds. The molecule has 0 aliphatic rings. The molecule has 16 heavy (non-hydrogen) atoms. The average Bonchev–Trinajstić information content (AvgIpc) is 2.25. The summed E-state index contributed by atoms with van der Waals surface area (Å²) >= 11 is 5.27. The molecule has 0 spiro atoms. The molecule has 3 heteroatoms. The fraction of sp³-hybridized carbons (Fsp3) is 0.231. The first-order valence-electron chi connectivity index (χ1n) is 5.20. The predicted molar refractivity (Wildman–Crippen MR) is 69.1 cm³/mol. The van der Waals surface area contributed by atoms with E-state index in [0.29, 0.717) is 0 Å². The Labute approximate surface area is 100 Å². The van der Waals surface area contributed by atoms with E-state index in [0.717, 1.165) is 15.8 Å². The van der Waals surface area contributed by atoms with Crippen LogP contribution in [0.1, 0.15) is 16.7 Å². The zero-order valence-electron chi connectivity index (χ0n) is 9.66. The maximum Gasteiger partial charge on any atom is 0.113 e. The Balaban J connectivity index is 2.70. The Morgan fingerprint density at radius 3 is 2.38 bits per heavy atom. The predicted octanol–water partition coefficient (Wildman–Crippen LogP) is 3.73. The number of nitrogens with one attached hydrogen (secondary N) is 1. The lowest BCUT2D eigenvalue weighted by molar-refractivity contribution is 1.15. The number of aromatic nitrogens is 2. The van der Waals surface area contributed by atoms with E-state index < -0.39 is 0 Å². The third kappa shape index (κ3) is 1.91. The van der Waals surface area contributed by atoms with Crippen LogP contribution in [0.25, 0.3) is 11.1 Å². The van der Waals surface area contributed by atoms with Crippen molar-refractivity contribution in [2.24, 2.45) is 0 Å². The first-order chi connectivity index (χ1) is 7.59. The van der Waals surface area contributed by atoms with Gasteiger partial charge in [0.1, 0.15) is 4.64 Å². The number of nitrogens with zero attached hydrogens (tertiary/aromatic N) is 1. The molecule has 1 N–H and O–H groups in total. The van der Waals surface area contributed by atoms with E-state index >= 15 is 0 Å². The molecule has 0 aliphatic carbocycles. The third-order valence-corrected chi connectivity index (χ3v) is 3.19. The molecule has 2 aromatic rings. The van der Waals surface area contributed by atoms with Gasteiger partial charge in [-0.15, -0.1) is 0 Å². The van der Waals surface area contributed by atoms with Gasteiger partial charge in [-0.1, -0.05) is 24.4 Å². The number of rotatable bonds is 1. The Bertz CT molecular complexity index is 585. The van der Waals surface area contributed by atoms with Gasteiger partial charge < -0.3 is 4.98 Å². The fourth-order valence-corrected chi connectivity index (χ4v) is 2.00. The van der Waals surface area contributed by atoms with Crippen molar-refractivity contribution in [1.29, 1.82) is 0 Å². The monoisotopic (exact) mass is 230 g/mol. The van der Waals surface area contributed by atoms with Crippen molar-refractivity contribution in [3.05, 3.63) is 46.0 Å². The molecule has 2 nitrogen and oxygen atoms in total. The van der Waals surface area contributed by atoms with Crippen LogP contribution in [0.3, 0.4) is 0 Å². The Hall–Kier alpha value is -1.48. The lowest BCUT2D eigenvalue weighted by Crippen LogP contribution is -1.91. The maximum absolute atomic E-state index is 5.27. The fourth-order valence-electron chi connectivity index (χ4n) is 1.79. The van der Waals surface area contributed by atoms with Crippen molar-refractivity contribution in [2.45, 2.75) is 20.8 Å². The quantitative estimate of drug-likeness (QED) is 0.756. The molecule has 0 atom stereocenters. The van der Waals surface area contributed by atoms with E-state index in [9.17, 15) is 0 Å². The van der Waals surface area contributed by atoms with Crippen molar-refractivity contribution in [2.75, 3.05) is 0 Å². The van der Waals surface area contributed by atoms with Gasteiger partial charge in [0.2, 0.25) is 0 Å². The standard InChI is InChI=1S/C13H14N2S/c1-8-4-10(3)11(5-9(8)2)12-6-14-7-15-13(12)16/h4-7H,1-3H3,(H,14,15,16). The van der Waals surface area contributed by atoms with Crippen LogP contribution in [-0.4, -0.2) is 9.97 Å². The number of aryl methyl sites for hydroxylation is 3. The van der Waals surface area contributed by atoms with Gasteiger partial charge in [-0.3, -0.25) is 0 Å². The SMILES string of the molecule is Cc1cc(C)c(-c2cnc[nH]c2=S)cc1C. The third-order valence-electron chi connectivity index (χ3n) is 2.85. The molecule has 1 aromatic carbocycles. The smallest absolute Gasteiger partial charge is 0.113 e. The zero-order chi connectivity index (χ0) is 11.7. The van der Waals surface area contributed by atoms with Gasteiger partial charge in [0.25, 0.3) is 0 Å². The van der Waals surface area contributed by atoms with Crippen LogP contribution in [0.5, 0.6) is 0 Å². The van der Waals surface area contributed by atoms with Crippen LogP contribution in [0, 0.1) is 25.4 Å². The van der Waals surface area contributed by atoms with E-state index in [2.05, 4.69) is 42.9 Å². The first kappa shape index (κ1) is 11.0. The second-order valence-corrected chi connectivity index (χ2v) is 4.45. The number of benzene rings is 1. The summed E-state index contributed by atoms with van der Waals surface area (Å²) in [6, 6.07) is 4.36.